The van der Waals surface area contributed by atoms with E-state index in [1.165, 1.54) is 11.1 Å². The summed E-state index contributed by atoms with van der Waals surface area (Å²) in [6.45, 7) is 0. The maximum atomic E-state index is 6.78. The van der Waals surface area contributed by atoms with Crippen molar-refractivity contribution in [3.8, 4) is 44.9 Å². The first-order chi connectivity index (χ1) is 30.7. The van der Waals surface area contributed by atoms with Gasteiger partial charge in [-0.15, -0.1) is 0 Å². The summed E-state index contributed by atoms with van der Waals surface area (Å²) in [5.74, 6) is 1.68. The number of ether oxygens (including phenoxy) is 1. The fraction of sp³-hybridized carbons (Fsp3) is 0. The third kappa shape index (κ3) is 6.00. The summed E-state index contributed by atoms with van der Waals surface area (Å²) in [6.07, 6.45) is 0. The highest BCUT2D eigenvalue weighted by Gasteiger charge is 2.26. The van der Waals surface area contributed by atoms with Crippen LogP contribution in [0.25, 0.3) is 66.1 Å². The van der Waals surface area contributed by atoms with Crippen molar-refractivity contribution in [1.29, 1.82) is 0 Å². The number of furan rings is 1. The molecule has 0 atom stereocenters. The summed E-state index contributed by atoms with van der Waals surface area (Å²) in [4.78, 5) is 4.66. The van der Waals surface area contributed by atoms with Crippen molar-refractivity contribution in [2.75, 3.05) is 9.80 Å². The van der Waals surface area contributed by atoms with Gasteiger partial charge in [-0.2, -0.15) is 0 Å². The number of hydrogen-bond acceptors (Lipinski definition) is 4. The van der Waals surface area contributed by atoms with E-state index in [1.54, 1.807) is 0 Å². The van der Waals surface area contributed by atoms with Gasteiger partial charge in [0.15, 0.2) is 0 Å². The van der Waals surface area contributed by atoms with Crippen LogP contribution in [0.4, 0.5) is 34.1 Å². The molecule has 0 spiro atoms. The predicted molar refractivity (Wildman–Crippen MR) is 257 cm³/mol. The first-order valence-corrected chi connectivity index (χ1v) is 21.0. The predicted octanol–water partition coefficient (Wildman–Crippen LogP) is 16.8. The second kappa shape index (κ2) is 14.7. The lowest BCUT2D eigenvalue weighted by Crippen LogP contribution is -2.11. The van der Waals surface area contributed by atoms with Gasteiger partial charge in [-0.25, -0.2) is 0 Å². The zero-order chi connectivity index (χ0) is 41.0. The molecule has 1 aliphatic heterocycles. The van der Waals surface area contributed by atoms with Crippen molar-refractivity contribution in [3.63, 3.8) is 0 Å². The van der Waals surface area contributed by atoms with Crippen LogP contribution in [0.3, 0.4) is 0 Å². The molecule has 4 heteroatoms. The van der Waals surface area contributed by atoms with Crippen molar-refractivity contribution in [3.05, 3.63) is 231 Å². The highest BCUT2D eigenvalue weighted by atomic mass is 16.5. The quantitative estimate of drug-likeness (QED) is 0.153. The van der Waals surface area contributed by atoms with Crippen LogP contribution in [-0.2, 0) is 0 Å². The molecular weight excluding hydrogens is 757 g/mol. The van der Waals surface area contributed by atoms with Gasteiger partial charge in [-0.1, -0.05) is 146 Å². The molecule has 0 aliphatic carbocycles. The molecule has 0 N–H and O–H groups in total. The monoisotopic (exact) mass is 794 g/mol. The van der Waals surface area contributed by atoms with E-state index in [9.17, 15) is 0 Å². The Labute approximate surface area is 359 Å². The van der Waals surface area contributed by atoms with Crippen molar-refractivity contribution in [2.24, 2.45) is 0 Å². The minimum Gasteiger partial charge on any atom is -0.456 e. The highest BCUT2D eigenvalue weighted by molar-refractivity contribution is 6.12. The Balaban J connectivity index is 0.988. The summed E-state index contributed by atoms with van der Waals surface area (Å²) in [5, 5.41) is 4.46. The minimum atomic E-state index is 0.832. The Hall–Kier alpha value is -8.34. The van der Waals surface area contributed by atoms with Gasteiger partial charge < -0.3 is 19.0 Å². The van der Waals surface area contributed by atoms with Crippen LogP contribution in [0.1, 0.15) is 0 Å². The zero-order valence-corrected chi connectivity index (χ0v) is 33.7. The SMILES string of the molecule is c1ccc(-c2ccc(N(c3ccc(-c4cccc5c4oc4ccccc45)cc3)c3ccc4c(c3)-c3cccc5c(N(c6ccccc6)c6ccccc6)ccc(c35)O4)cc2)cc1. The summed E-state index contributed by atoms with van der Waals surface area (Å²) in [7, 11) is 0. The molecule has 2 heterocycles. The molecule has 0 saturated heterocycles. The Kier molecular flexibility index (Phi) is 8.46. The normalized spacial score (nSPS) is 11.7. The Morgan fingerprint density at radius 3 is 1.55 bits per heavy atom. The maximum Gasteiger partial charge on any atom is 0.143 e. The van der Waals surface area contributed by atoms with Crippen molar-refractivity contribution < 1.29 is 9.15 Å². The summed E-state index contributed by atoms with van der Waals surface area (Å²) >= 11 is 0. The molecule has 10 aromatic carbocycles. The third-order valence-corrected chi connectivity index (χ3v) is 12.1. The molecule has 0 bridgehead atoms. The lowest BCUT2D eigenvalue weighted by atomic mass is 9.93. The van der Waals surface area contributed by atoms with E-state index in [1.807, 2.05) is 12.1 Å². The second-order valence-corrected chi connectivity index (χ2v) is 15.7. The van der Waals surface area contributed by atoms with Crippen LogP contribution >= 0.6 is 0 Å². The van der Waals surface area contributed by atoms with Crippen LogP contribution in [0.2, 0.25) is 0 Å². The smallest absolute Gasteiger partial charge is 0.143 e. The molecule has 1 aliphatic rings. The van der Waals surface area contributed by atoms with Gasteiger partial charge in [0.25, 0.3) is 0 Å². The number of nitrogens with zero attached hydrogens (tertiary/aromatic N) is 2. The molecule has 0 amide bonds. The van der Waals surface area contributed by atoms with Crippen LogP contribution in [-0.4, -0.2) is 0 Å². The fourth-order valence-corrected chi connectivity index (χ4v) is 9.17. The van der Waals surface area contributed by atoms with Crippen LogP contribution in [0.5, 0.6) is 11.5 Å². The first-order valence-electron chi connectivity index (χ1n) is 21.0. The number of rotatable bonds is 8. The lowest BCUT2D eigenvalue weighted by Gasteiger charge is -2.30. The zero-order valence-electron chi connectivity index (χ0n) is 33.7. The van der Waals surface area contributed by atoms with E-state index >= 15 is 0 Å². The van der Waals surface area contributed by atoms with Crippen molar-refractivity contribution in [2.45, 2.75) is 0 Å². The second-order valence-electron chi connectivity index (χ2n) is 15.7. The third-order valence-electron chi connectivity index (χ3n) is 12.1. The average molecular weight is 795 g/mol. The largest absolute Gasteiger partial charge is 0.456 e. The minimum absolute atomic E-state index is 0.832. The fourth-order valence-electron chi connectivity index (χ4n) is 9.17. The number of hydrogen-bond donors (Lipinski definition) is 0. The number of benzene rings is 10. The molecule has 0 unspecified atom stereocenters. The van der Waals surface area contributed by atoms with Crippen molar-refractivity contribution >= 4 is 66.8 Å². The van der Waals surface area contributed by atoms with Crippen LogP contribution < -0.4 is 14.5 Å². The molecule has 0 saturated carbocycles. The Morgan fingerprint density at radius 1 is 0.306 bits per heavy atom. The van der Waals surface area contributed by atoms with Gasteiger partial charge in [0.1, 0.15) is 22.7 Å². The summed E-state index contributed by atoms with van der Waals surface area (Å²) in [6, 6.07) is 81.4. The van der Waals surface area contributed by atoms with Gasteiger partial charge in [-0.05, 0) is 107 Å². The Bertz CT molecular complexity index is 3380. The molecule has 292 valence electrons. The average Bonchev–Trinajstić information content (AvgIpc) is 3.73. The molecule has 0 radical (unpaired) electrons. The van der Waals surface area contributed by atoms with E-state index < -0.39 is 0 Å². The van der Waals surface area contributed by atoms with E-state index in [0.717, 1.165) is 101 Å². The summed E-state index contributed by atoms with van der Waals surface area (Å²) in [5.41, 5.74) is 14.9. The van der Waals surface area contributed by atoms with E-state index in [-0.39, 0.29) is 0 Å². The molecule has 12 rings (SSSR count). The molecular formula is C58H38N2O2. The standard InChI is InChI=1S/C58H38N2O2/c1-4-14-39(15-5-1)40-26-30-44(31-27-40)59(45-32-28-41(29-33-45)47-21-12-23-50-48-20-10-11-25-54(48)62-58(47)50)46-34-36-55-52(38-46)49-22-13-24-51-53(35-37-56(61-55)57(49)51)60(42-16-6-2-7-17-42)43-18-8-3-9-19-43/h1-38H. The first kappa shape index (κ1) is 35.6. The van der Waals surface area contributed by atoms with Gasteiger partial charge in [-0.3, -0.25) is 0 Å². The van der Waals surface area contributed by atoms with Gasteiger partial charge in [0.2, 0.25) is 0 Å². The molecule has 62 heavy (non-hydrogen) atoms. The molecule has 4 nitrogen and oxygen atoms in total. The van der Waals surface area contributed by atoms with Gasteiger partial charge in [0.05, 0.1) is 5.69 Å². The Morgan fingerprint density at radius 2 is 0.839 bits per heavy atom. The van der Waals surface area contributed by atoms with E-state index in [4.69, 9.17) is 9.15 Å². The van der Waals surface area contributed by atoms with Crippen LogP contribution in [0, 0.1) is 0 Å². The molecule has 0 fully saturated rings. The number of anilines is 6. The van der Waals surface area contributed by atoms with Crippen LogP contribution in [0.15, 0.2) is 235 Å². The van der Waals surface area contributed by atoms with Gasteiger partial charge in [0, 0.05) is 61.1 Å². The maximum absolute atomic E-state index is 6.78. The number of fused-ring (bicyclic) bond motifs is 5. The van der Waals surface area contributed by atoms with E-state index in [0.29, 0.717) is 0 Å². The van der Waals surface area contributed by atoms with Crippen molar-refractivity contribution in [1.82, 2.24) is 0 Å². The molecule has 11 aromatic rings. The lowest BCUT2D eigenvalue weighted by molar-refractivity contribution is 0.487. The van der Waals surface area contributed by atoms with Gasteiger partial charge >= 0.3 is 0 Å². The van der Waals surface area contributed by atoms with E-state index in [2.05, 4.69) is 228 Å². The molecule has 1 aromatic heterocycles. The topological polar surface area (TPSA) is 28.9 Å². The number of para-hydroxylation sites is 4. The summed E-state index contributed by atoms with van der Waals surface area (Å²) < 4.78 is 13.2. The highest BCUT2D eigenvalue weighted by Crippen LogP contribution is 2.52.